The number of aryl methyl sites for hydroxylation is 1. The number of nitrogens with zero attached hydrogens (tertiary/aromatic N) is 2. The van der Waals surface area contributed by atoms with Crippen LogP contribution >= 0.6 is 0 Å². The molecule has 11 heteroatoms. The Hall–Kier alpha value is -1.92. The summed E-state index contributed by atoms with van der Waals surface area (Å²) in [6.07, 6.45) is -0.958. The molecule has 1 atom stereocenters. The lowest BCUT2D eigenvalue weighted by Crippen LogP contribution is -2.45. The smallest absolute Gasteiger partial charge is 0.423 e. The van der Waals surface area contributed by atoms with Gasteiger partial charge in [-0.2, -0.15) is 0 Å². The van der Waals surface area contributed by atoms with Crippen molar-refractivity contribution in [2.45, 2.75) is 31.9 Å². The molecule has 27 heavy (non-hydrogen) atoms. The van der Waals surface area contributed by atoms with Crippen molar-refractivity contribution in [3.63, 3.8) is 0 Å². The minimum absolute atomic E-state index is 0.000325. The first kappa shape index (κ1) is 21.4. The number of rotatable bonds is 9. The number of aromatic nitrogens is 1. The first-order chi connectivity index (χ1) is 12.7. The van der Waals surface area contributed by atoms with Gasteiger partial charge in [-0.3, -0.25) is 0 Å². The summed E-state index contributed by atoms with van der Waals surface area (Å²) < 4.78 is 43.5. The van der Waals surface area contributed by atoms with Crippen LogP contribution in [0.3, 0.4) is 0 Å². The Morgan fingerprint density at radius 3 is 2.48 bits per heavy atom. The molecule has 0 amide bonds. The minimum atomic E-state index is -4.26. The van der Waals surface area contributed by atoms with Gasteiger partial charge >= 0.3 is 7.12 Å². The van der Waals surface area contributed by atoms with E-state index in [-0.39, 0.29) is 29.5 Å². The number of methoxy groups -OCH3 is 1. The second-order valence-electron chi connectivity index (χ2n) is 5.87. The number of benzene rings is 1. The van der Waals surface area contributed by atoms with Crippen LogP contribution in [0.2, 0.25) is 0 Å². The zero-order valence-corrected chi connectivity index (χ0v) is 16.4. The fraction of sp³-hybridized carbons (Fsp3) is 0.438. The average Bonchev–Trinajstić information content (AvgIpc) is 2.94. The summed E-state index contributed by atoms with van der Waals surface area (Å²) in [5.74, 6) is -0.000325. The molecule has 148 valence electrons. The molecule has 0 aliphatic carbocycles. The maximum Gasteiger partial charge on any atom is 0.489 e. The van der Waals surface area contributed by atoms with Crippen molar-refractivity contribution < 1.29 is 32.5 Å². The summed E-state index contributed by atoms with van der Waals surface area (Å²) in [7, 11) is -4.71. The zero-order chi connectivity index (χ0) is 20.2. The molecule has 0 spiro atoms. The van der Waals surface area contributed by atoms with Gasteiger partial charge in [0, 0.05) is 18.1 Å². The molecule has 0 aliphatic rings. The summed E-state index contributed by atoms with van der Waals surface area (Å²) in [6, 6.07) is 5.62. The van der Waals surface area contributed by atoms with Crippen LogP contribution < -0.4 is 9.77 Å². The van der Waals surface area contributed by atoms with E-state index < -0.39 is 23.4 Å². The Bertz CT molecular complexity index is 869. The van der Waals surface area contributed by atoms with Gasteiger partial charge in [0.15, 0.2) is 0 Å². The van der Waals surface area contributed by atoms with E-state index >= 15 is 0 Å². The Morgan fingerprint density at radius 2 is 1.93 bits per heavy atom. The molecule has 0 bridgehead atoms. The highest BCUT2D eigenvalue weighted by atomic mass is 32.2. The lowest BCUT2D eigenvalue weighted by Gasteiger charge is -2.29. The lowest BCUT2D eigenvalue weighted by molar-refractivity contribution is 0.0305. The highest BCUT2D eigenvalue weighted by molar-refractivity contribution is 7.93. The Labute approximate surface area is 158 Å². The fourth-order valence-corrected chi connectivity index (χ4v) is 4.26. The second kappa shape index (κ2) is 8.85. The first-order valence-corrected chi connectivity index (χ1v) is 9.68. The maximum absolute atomic E-state index is 13.4. The van der Waals surface area contributed by atoms with E-state index in [1.54, 1.807) is 20.8 Å². The van der Waals surface area contributed by atoms with Crippen LogP contribution in [0, 0.1) is 13.8 Å². The van der Waals surface area contributed by atoms with Crippen molar-refractivity contribution in [3.05, 3.63) is 35.5 Å². The Kier molecular flexibility index (Phi) is 7.01. The van der Waals surface area contributed by atoms with Crippen LogP contribution in [-0.4, -0.2) is 57.3 Å². The Balaban J connectivity index is 2.57. The van der Waals surface area contributed by atoms with Crippen LogP contribution in [0.5, 0.6) is 0 Å². The molecule has 2 aromatic rings. The standard InChI is InChI=1S/C16H23BN2O7S/c1-11-12(2)18-26-16(11)19(13(3)25-10-9-24-4)27(22,23)15-8-6-5-7-14(15)17(20)21/h5-8,13,20-21H,9-10H2,1-4H3. The van der Waals surface area contributed by atoms with E-state index in [1.165, 1.54) is 31.4 Å². The molecular weight excluding hydrogens is 375 g/mol. The van der Waals surface area contributed by atoms with Gasteiger partial charge in [0.25, 0.3) is 10.0 Å². The van der Waals surface area contributed by atoms with Gasteiger partial charge in [0.05, 0.1) is 23.8 Å². The molecule has 1 aromatic heterocycles. The SMILES string of the molecule is COCCOC(C)N(c1onc(C)c1C)S(=O)(=O)c1ccccc1B(O)O. The molecule has 0 saturated heterocycles. The predicted octanol–water partition coefficient (Wildman–Crippen LogP) is 0.176. The summed E-state index contributed by atoms with van der Waals surface area (Å²) in [4.78, 5) is -0.268. The van der Waals surface area contributed by atoms with E-state index in [9.17, 15) is 18.5 Å². The average molecular weight is 398 g/mol. The normalized spacial score (nSPS) is 12.8. The molecule has 0 radical (unpaired) electrons. The molecule has 0 fully saturated rings. The molecule has 1 heterocycles. The van der Waals surface area contributed by atoms with Crippen molar-refractivity contribution in [2.24, 2.45) is 0 Å². The minimum Gasteiger partial charge on any atom is -0.423 e. The maximum atomic E-state index is 13.4. The van der Waals surface area contributed by atoms with E-state index in [1.807, 2.05) is 0 Å². The molecule has 1 unspecified atom stereocenters. The van der Waals surface area contributed by atoms with Crippen molar-refractivity contribution in [1.82, 2.24) is 5.16 Å². The lowest BCUT2D eigenvalue weighted by atomic mass is 9.80. The monoisotopic (exact) mass is 398 g/mol. The number of hydrogen-bond acceptors (Lipinski definition) is 8. The highest BCUT2D eigenvalue weighted by Gasteiger charge is 2.37. The van der Waals surface area contributed by atoms with Gasteiger partial charge < -0.3 is 24.0 Å². The van der Waals surface area contributed by atoms with Crippen molar-refractivity contribution in [3.8, 4) is 0 Å². The van der Waals surface area contributed by atoms with Crippen molar-refractivity contribution in [1.29, 1.82) is 0 Å². The summed E-state index contributed by atoms with van der Waals surface area (Å²) in [6.45, 7) is 5.34. The zero-order valence-electron chi connectivity index (χ0n) is 15.6. The summed E-state index contributed by atoms with van der Waals surface area (Å²) in [5.41, 5.74) is 0.910. The van der Waals surface area contributed by atoms with Gasteiger partial charge in [-0.05, 0) is 26.8 Å². The molecule has 9 nitrogen and oxygen atoms in total. The quantitative estimate of drug-likeness (QED) is 0.348. The van der Waals surface area contributed by atoms with E-state index in [0.717, 1.165) is 4.31 Å². The van der Waals surface area contributed by atoms with Crippen LogP contribution in [0.15, 0.2) is 33.7 Å². The molecule has 0 aliphatic heterocycles. The van der Waals surface area contributed by atoms with Crippen LogP contribution in [0.25, 0.3) is 0 Å². The fourth-order valence-electron chi connectivity index (χ4n) is 2.48. The first-order valence-electron chi connectivity index (χ1n) is 8.24. The number of hydrogen-bond donors (Lipinski definition) is 2. The third-order valence-electron chi connectivity index (χ3n) is 4.04. The van der Waals surface area contributed by atoms with Crippen molar-refractivity contribution >= 4 is 28.5 Å². The second-order valence-corrected chi connectivity index (χ2v) is 7.66. The largest absolute Gasteiger partial charge is 0.489 e. The number of sulfonamides is 1. The number of ether oxygens (including phenoxy) is 2. The summed E-state index contributed by atoms with van der Waals surface area (Å²) >= 11 is 0. The predicted molar refractivity (Wildman–Crippen MR) is 99.2 cm³/mol. The number of anilines is 1. The third kappa shape index (κ3) is 4.50. The van der Waals surface area contributed by atoms with Gasteiger partial charge in [-0.15, -0.1) is 0 Å². The van der Waals surface area contributed by atoms with E-state index in [2.05, 4.69) is 5.16 Å². The highest BCUT2D eigenvalue weighted by Crippen LogP contribution is 2.30. The molecule has 0 saturated carbocycles. The van der Waals surface area contributed by atoms with E-state index in [0.29, 0.717) is 11.3 Å². The van der Waals surface area contributed by atoms with E-state index in [4.69, 9.17) is 14.0 Å². The van der Waals surface area contributed by atoms with Crippen LogP contribution in [0.4, 0.5) is 5.88 Å². The van der Waals surface area contributed by atoms with Gasteiger partial charge in [-0.25, -0.2) is 12.7 Å². The molecule has 1 aromatic carbocycles. The Morgan fingerprint density at radius 1 is 1.26 bits per heavy atom. The third-order valence-corrected chi connectivity index (χ3v) is 5.95. The van der Waals surface area contributed by atoms with Crippen molar-refractivity contribution in [2.75, 3.05) is 24.6 Å². The van der Waals surface area contributed by atoms with Gasteiger partial charge in [-0.1, -0.05) is 23.4 Å². The van der Waals surface area contributed by atoms with Crippen LogP contribution in [0.1, 0.15) is 18.2 Å². The van der Waals surface area contributed by atoms with Crippen LogP contribution in [-0.2, 0) is 19.5 Å². The topological polar surface area (TPSA) is 122 Å². The molecule has 2 rings (SSSR count). The summed E-state index contributed by atoms with van der Waals surface area (Å²) in [5, 5.41) is 23.0. The van der Waals surface area contributed by atoms with Gasteiger partial charge in [0.1, 0.15) is 6.23 Å². The molecule has 2 N–H and O–H groups in total. The molecular formula is C16H23BN2O7S. The van der Waals surface area contributed by atoms with Gasteiger partial charge in [0.2, 0.25) is 5.88 Å².